The SMILES string of the molecule is CC(=O)N1Cc2cc(S(C)=O)ccc2C1C(=O)Nc1ccc(C(CC(=O)NC2CC2)(C(F)(F)F)C(F)(F)F)cc1. The first-order chi connectivity index (χ1) is 18.5. The molecule has 2 unspecified atom stereocenters. The summed E-state index contributed by atoms with van der Waals surface area (Å²) in [5.74, 6) is -2.56. The molecule has 2 atom stereocenters. The molecular formula is C26H25F6N3O4S. The number of hydrogen-bond donors (Lipinski definition) is 2. The lowest BCUT2D eigenvalue weighted by atomic mass is 9.75. The van der Waals surface area contributed by atoms with E-state index in [1.54, 1.807) is 18.2 Å². The highest BCUT2D eigenvalue weighted by molar-refractivity contribution is 7.84. The van der Waals surface area contributed by atoms with Gasteiger partial charge in [0.05, 0.1) is 6.42 Å². The molecule has 1 fully saturated rings. The number of amides is 3. The first kappa shape index (κ1) is 29.6. The lowest BCUT2D eigenvalue weighted by Gasteiger charge is -2.37. The molecule has 2 aliphatic rings. The molecule has 3 amide bonds. The van der Waals surface area contributed by atoms with E-state index < -0.39 is 70.4 Å². The first-order valence-corrected chi connectivity index (χ1v) is 13.7. The Morgan fingerprint density at radius 1 is 0.975 bits per heavy atom. The van der Waals surface area contributed by atoms with Crippen molar-refractivity contribution < 1.29 is 44.9 Å². The Hall–Kier alpha value is -3.42. The Kier molecular flexibility index (Phi) is 7.78. The zero-order valence-corrected chi connectivity index (χ0v) is 22.1. The number of nitrogens with one attached hydrogen (secondary N) is 2. The number of nitrogens with zero attached hydrogens (tertiary/aromatic N) is 1. The van der Waals surface area contributed by atoms with Crippen LogP contribution in [0.25, 0.3) is 0 Å². The standard InChI is InChI=1S/C26H25F6N3O4S/c1-14(36)35-13-15-11-19(40(2)39)9-10-20(15)22(35)23(38)34-18-5-3-16(4-6-18)24(25(27,28)29,26(30,31)32)12-21(37)33-17-7-8-17/h3-6,9-11,17,22H,7-8,12-13H2,1-2H3,(H,33,37)(H,34,38). The van der Waals surface area contributed by atoms with E-state index in [0.29, 0.717) is 41.0 Å². The monoisotopic (exact) mass is 589 g/mol. The molecule has 1 aliphatic heterocycles. The molecule has 14 heteroatoms. The van der Waals surface area contributed by atoms with Crippen molar-refractivity contribution in [2.45, 2.75) is 67.5 Å². The number of rotatable bonds is 7. The minimum Gasteiger partial charge on any atom is -0.353 e. The van der Waals surface area contributed by atoms with Crippen molar-refractivity contribution in [1.82, 2.24) is 10.2 Å². The maximum absolute atomic E-state index is 14.1. The van der Waals surface area contributed by atoms with Gasteiger partial charge in [0.1, 0.15) is 6.04 Å². The molecule has 0 saturated heterocycles. The molecule has 0 aromatic heterocycles. The fourth-order valence-electron chi connectivity index (χ4n) is 4.77. The van der Waals surface area contributed by atoms with E-state index in [9.17, 15) is 44.9 Å². The van der Waals surface area contributed by atoms with E-state index in [4.69, 9.17) is 0 Å². The Morgan fingerprint density at radius 3 is 2.08 bits per heavy atom. The van der Waals surface area contributed by atoms with Crippen LogP contribution in [0.2, 0.25) is 0 Å². The third kappa shape index (κ3) is 5.58. The minimum atomic E-state index is -5.85. The largest absolute Gasteiger partial charge is 0.407 e. The third-order valence-corrected chi connectivity index (χ3v) is 7.95. The lowest BCUT2D eigenvalue weighted by molar-refractivity contribution is -0.303. The molecule has 0 spiro atoms. The molecule has 216 valence electrons. The zero-order chi connectivity index (χ0) is 29.6. The Balaban J connectivity index is 1.62. The van der Waals surface area contributed by atoms with Crippen molar-refractivity contribution in [2.24, 2.45) is 0 Å². The van der Waals surface area contributed by atoms with Crippen LogP contribution in [0.4, 0.5) is 32.0 Å². The second kappa shape index (κ2) is 10.5. The van der Waals surface area contributed by atoms with E-state index in [2.05, 4.69) is 10.6 Å². The fourth-order valence-corrected chi connectivity index (χ4v) is 5.34. The summed E-state index contributed by atoms with van der Waals surface area (Å²) in [7, 11) is -1.31. The van der Waals surface area contributed by atoms with Crippen LogP contribution in [0.3, 0.4) is 0 Å². The molecule has 1 heterocycles. The molecule has 2 aromatic carbocycles. The number of alkyl halides is 6. The number of hydrogen-bond acceptors (Lipinski definition) is 4. The van der Waals surface area contributed by atoms with Crippen molar-refractivity contribution in [3.05, 3.63) is 59.2 Å². The lowest BCUT2D eigenvalue weighted by Crippen LogP contribution is -2.56. The molecule has 7 nitrogen and oxygen atoms in total. The summed E-state index contributed by atoms with van der Waals surface area (Å²) in [5, 5.41) is 4.62. The van der Waals surface area contributed by atoms with Gasteiger partial charge in [-0.3, -0.25) is 18.6 Å². The first-order valence-electron chi connectivity index (χ1n) is 12.1. The molecule has 40 heavy (non-hydrogen) atoms. The molecule has 0 radical (unpaired) electrons. The van der Waals surface area contributed by atoms with Crippen molar-refractivity contribution >= 4 is 34.2 Å². The van der Waals surface area contributed by atoms with Crippen LogP contribution < -0.4 is 10.6 Å². The highest BCUT2D eigenvalue weighted by Crippen LogP contribution is 2.54. The van der Waals surface area contributed by atoms with E-state index in [0.717, 1.165) is 12.1 Å². The average Bonchev–Trinajstić information content (AvgIpc) is 3.56. The second-order valence-electron chi connectivity index (χ2n) is 9.85. The van der Waals surface area contributed by atoms with E-state index in [1.165, 1.54) is 18.1 Å². The molecule has 0 bridgehead atoms. The summed E-state index contributed by atoms with van der Waals surface area (Å²) in [6.45, 7) is 1.29. The van der Waals surface area contributed by atoms with Crippen LogP contribution in [-0.2, 0) is 37.1 Å². The van der Waals surface area contributed by atoms with Crippen molar-refractivity contribution in [3.8, 4) is 0 Å². The van der Waals surface area contributed by atoms with Gasteiger partial charge in [0, 0.05) is 47.1 Å². The fraction of sp³-hybridized carbons (Fsp3) is 0.423. The zero-order valence-electron chi connectivity index (χ0n) is 21.3. The van der Waals surface area contributed by atoms with Gasteiger partial charge in [0.2, 0.25) is 11.8 Å². The maximum Gasteiger partial charge on any atom is 0.407 e. The number of halogens is 6. The normalized spacial score (nSPS) is 18.2. The van der Waals surface area contributed by atoms with Gasteiger partial charge >= 0.3 is 12.4 Å². The van der Waals surface area contributed by atoms with Crippen LogP contribution in [0, 0.1) is 0 Å². The van der Waals surface area contributed by atoms with E-state index in [1.807, 2.05) is 0 Å². The van der Waals surface area contributed by atoms with Crippen LogP contribution in [-0.4, -0.2) is 51.5 Å². The molecule has 4 rings (SSSR count). The van der Waals surface area contributed by atoms with Crippen LogP contribution in [0.5, 0.6) is 0 Å². The summed E-state index contributed by atoms with van der Waals surface area (Å²) in [6.07, 6.45) is -11.1. The highest BCUT2D eigenvalue weighted by atomic mass is 32.2. The van der Waals surface area contributed by atoms with Gasteiger partial charge in [-0.2, -0.15) is 26.3 Å². The van der Waals surface area contributed by atoms with Gasteiger partial charge in [0.15, 0.2) is 5.41 Å². The molecule has 1 aliphatic carbocycles. The third-order valence-electron chi connectivity index (χ3n) is 7.03. The van der Waals surface area contributed by atoms with Gasteiger partial charge in [-0.25, -0.2) is 0 Å². The Bertz CT molecular complexity index is 1340. The van der Waals surface area contributed by atoms with Crippen LogP contribution in [0.15, 0.2) is 47.4 Å². The van der Waals surface area contributed by atoms with E-state index >= 15 is 0 Å². The van der Waals surface area contributed by atoms with Crippen molar-refractivity contribution in [3.63, 3.8) is 0 Å². The molecule has 2 N–H and O–H groups in total. The van der Waals surface area contributed by atoms with Crippen LogP contribution >= 0.6 is 0 Å². The van der Waals surface area contributed by atoms with Gasteiger partial charge in [-0.1, -0.05) is 18.2 Å². The number of benzene rings is 2. The maximum atomic E-state index is 14.1. The Labute approximate surface area is 227 Å². The number of anilines is 1. The summed E-state index contributed by atoms with van der Waals surface area (Å²) < 4.78 is 96.4. The topological polar surface area (TPSA) is 95.6 Å². The predicted octanol–water partition coefficient (Wildman–Crippen LogP) is 4.50. The number of carbonyl (C=O) groups is 3. The highest BCUT2D eigenvalue weighted by Gasteiger charge is 2.72. The molecular weight excluding hydrogens is 564 g/mol. The van der Waals surface area contributed by atoms with Crippen molar-refractivity contribution in [2.75, 3.05) is 11.6 Å². The summed E-state index contributed by atoms with van der Waals surface area (Å²) in [6, 6.07) is 6.07. The number of fused-ring (bicyclic) bond motifs is 1. The van der Waals surface area contributed by atoms with E-state index in [-0.39, 0.29) is 12.2 Å². The second-order valence-corrected chi connectivity index (χ2v) is 11.2. The van der Waals surface area contributed by atoms with Crippen LogP contribution in [0.1, 0.15) is 48.9 Å². The Morgan fingerprint density at radius 2 is 1.57 bits per heavy atom. The van der Waals surface area contributed by atoms with Gasteiger partial charge < -0.3 is 15.5 Å². The summed E-state index contributed by atoms with van der Waals surface area (Å²) in [5.41, 5.74) is -4.74. The van der Waals surface area contributed by atoms with Crippen molar-refractivity contribution in [1.29, 1.82) is 0 Å². The number of carbonyl (C=O) groups excluding carboxylic acids is 3. The summed E-state index contributed by atoms with van der Waals surface area (Å²) in [4.78, 5) is 39.3. The minimum absolute atomic E-state index is 0.0509. The average molecular weight is 590 g/mol. The van der Waals surface area contributed by atoms with Gasteiger partial charge in [0.25, 0.3) is 5.91 Å². The quantitative estimate of drug-likeness (QED) is 0.466. The van der Waals surface area contributed by atoms with Gasteiger partial charge in [-0.05, 0) is 53.8 Å². The predicted molar refractivity (Wildman–Crippen MR) is 132 cm³/mol. The van der Waals surface area contributed by atoms with Gasteiger partial charge in [-0.15, -0.1) is 0 Å². The molecule has 2 aromatic rings. The molecule has 1 saturated carbocycles. The summed E-state index contributed by atoms with van der Waals surface area (Å²) >= 11 is 0. The smallest absolute Gasteiger partial charge is 0.353 e.